The molecule has 0 nitrogen and oxygen atoms in total. The SMILES string of the molecule is CC1(c2[pH]cc3ccccc23)CCC1. The summed E-state index contributed by atoms with van der Waals surface area (Å²) in [7, 11) is 0.939. The summed E-state index contributed by atoms with van der Waals surface area (Å²) in [6.07, 6.45) is 4.22. The van der Waals surface area contributed by atoms with Gasteiger partial charge in [-0.25, -0.2) is 0 Å². The summed E-state index contributed by atoms with van der Waals surface area (Å²) in [6.45, 7) is 2.44. The molecule has 0 bridgehead atoms. The molecule has 72 valence electrons. The lowest BCUT2D eigenvalue weighted by atomic mass is 9.69. The van der Waals surface area contributed by atoms with Gasteiger partial charge >= 0.3 is 0 Å². The van der Waals surface area contributed by atoms with Crippen LogP contribution in [0.2, 0.25) is 0 Å². The Kier molecular flexibility index (Phi) is 1.76. The molecule has 1 fully saturated rings. The van der Waals surface area contributed by atoms with E-state index in [1.807, 2.05) is 0 Å². The molecule has 2 aromatic rings. The van der Waals surface area contributed by atoms with Gasteiger partial charge in [-0.15, -0.1) is 8.19 Å². The van der Waals surface area contributed by atoms with Crippen LogP contribution < -0.4 is 0 Å². The van der Waals surface area contributed by atoms with E-state index in [0.29, 0.717) is 5.41 Å². The predicted molar refractivity (Wildman–Crippen MR) is 64.7 cm³/mol. The first-order chi connectivity index (χ1) is 6.80. The topological polar surface area (TPSA) is 0 Å². The van der Waals surface area contributed by atoms with Gasteiger partial charge in [0.25, 0.3) is 0 Å². The van der Waals surface area contributed by atoms with E-state index in [-0.39, 0.29) is 0 Å². The van der Waals surface area contributed by atoms with E-state index in [9.17, 15) is 0 Å². The fourth-order valence-corrected chi connectivity index (χ4v) is 4.07. The van der Waals surface area contributed by atoms with E-state index in [2.05, 4.69) is 37.0 Å². The zero-order valence-corrected chi connectivity index (χ0v) is 9.51. The van der Waals surface area contributed by atoms with Crippen LogP contribution in [0.5, 0.6) is 0 Å². The Balaban J connectivity index is 2.22. The third-order valence-corrected chi connectivity index (χ3v) is 5.28. The van der Waals surface area contributed by atoms with Gasteiger partial charge in [0, 0.05) is 0 Å². The van der Waals surface area contributed by atoms with Crippen LogP contribution in [0.4, 0.5) is 0 Å². The molecule has 1 aromatic carbocycles. The zero-order chi connectivity index (χ0) is 9.60. The van der Waals surface area contributed by atoms with Gasteiger partial charge in [0.15, 0.2) is 0 Å². The van der Waals surface area contributed by atoms with Crippen molar-refractivity contribution in [3.05, 3.63) is 35.4 Å². The van der Waals surface area contributed by atoms with Crippen molar-refractivity contribution in [3.63, 3.8) is 0 Å². The van der Waals surface area contributed by atoms with Crippen LogP contribution in [-0.4, -0.2) is 0 Å². The number of hydrogen-bond donors (Lipinski definition) is 0. The fraction of sp³-hybridized carbons (Fsp3) is 0.385. The molecule has 3 rings (SSSR count). The molecule has 1 saturated carbocycles. The lowest BCUT2D eigenvalue weighted by molar-refractivity contribution is 0.280. The minimum Gasteiger partial charge on any atom is -0.135 e. The van der Waals surface area contributed by atoms with Gasteiger partial charge in [-0.2, -0.15) is 0 Å². The van der Waals surface area contributed by atoms with Crippen LogP contribution >= 0.6 is 8.19 Å². The summed E-state index contributed by atoms with van der Waals surface area (Å²) in [5.41, 5.74) is 0.543. The molecule has 1 heteroatoms. The Labute approximate surface area is 86.4 Å². The van der Waals surface area contributed by atoms with E-state index >= 15 is 0 Å². The minimum atomic E-state index is 0.543. The van der Waals surface area contributed by atoms with Gasteiger partial charge in [0.05, 0.1) is 0 Å². The second-order valence-electron chi connectivity index (χ2n) is 4.67. The number of fused-ring (bicyclic) bond motifs is 1. The van der Waals surface area contributed by atoms with Crippen LogP contribution in [0.15, 0.2) is 30.1 Å². The predicted octanol–water partition coefficient (Wildman–Crippen LogP) is 4.31. The quantitative estimate of drug-likeness (QED) is 0.646. The smallest absolute Gasteiger partial charge is 0.00342 e. The highest BCUT2D eigenvalue weighted by atomic mass is 31.0. The maximum Gasteiger partial charge on any atom is -0.00342 e. The zero-order valence-electron chi connectivity index (χ0n) is 8.51. The normalized spacial score (nSPS) is 20.1. The molecule has 1 aliphatic rings. The highest BCUT2D eigenvalue weighted by Crippen LogP contribution is 2.49. The van der Waals surface area contributed by atoms with E-state index in [0.717, 1.165) is 8.19 Å². The van der Waals surface area contributed by atoms with Crippen molar-refractivity contribution in [2.45, 2.75) is 31.6 Å². The number of rotatable bonds is 1. The average molecular weight is 202 g/mol. The van der Waals surface area contributed by atoms with E-state index in [4.69, 9.17) is 0 Å². The molecule has 1 aliphatic carbocycles. The monoisotopic (exact) mass is 202 g/mol. The van der Waals surface area contributed by atoms with Gasteiger partial charge in [-0.1, -0.05) is 37.6 Å². The highest BCUT2D eigenvalue weighted by Gasteiger charge is 2.34. The maximum atomic E-state index is 2.44. The first kappa shape index (κ1) is 8.56. The molecule has 0 spiro atoms. The lowest BCUT2D eigenvalue weighted by Gasteiger charge is -2.38. The van der Waals surface area contributed by atoms with Crippen LogP contribution in [0.25, 0.3) is 10.8 Å². The van der Waals surface area contributed by atoms with E-state index < -0.39 is 0 Å². The van der Waals surface area contributed by atoms with E-state index in [1.54, 1.807) is 5.30 Å². The summed E-state index contributed by atoms with van der Waals surface area (Å²) in [5, 5.41) is 4.72. The molecule has 1 unspecified atom stereocenters. The van der Waals surface area contributed by atoms with Crippen LogP contribution in [0, 0.1) is 0 Å². The molecule has 14 heavy (non-hydrogen) atoms. The Morgan fingerprint density at radius 2 is 2.00 bits per heavy atom. The molecule has 0 amide bonds. The Bertz CT molecular complexity index is 463. The Morgan fingerprint density at radius 1 is 1.21 bits per heavy atom. The number of benzene rings is 1. The molecule has 1 aromatic heterocycles. The Morgan fingerprint density at radius 3 is 2.71 bits per heavy atom. The maximum absolute atomic E-state index is 2.44. The van der Waals surface area contributed by atoms with Gasteiger partial charge < -0.3 is 0 Å². The molecule has 1 atom stereocenters. The number of hydrogen-bond acceptors (Lipinski definition) is 0. The highest BCUT2D eigenvalue weighted by molar-refractivity contribution is 7.31. The second kappa shape index (κ2) is 2.87. The van der Waals surface area contributed by atoms with Crippen LogP contribution in [-0.2, 0) is 5.41 Å². The van der Waals surface area contributed by atoms with Crippen molar-refractivity contribution in [1.29, 1.82) is 0 Å². The van der Waals surface area contributed by atoms with Crippen molar-refractivity contribution < 1.29 is 0 Å². The summed E-state index contributed by atoms with van der Waals surface area (Å²) in [4.78, 5) is 0. The third-order valence-electron chi connectivity index (χ3n) is 3.66. The fourth-order valence-electron chi connectivity index (χ4n) is 2.53. The van der Waals surface area contributed by atoms with Gasteiger partial charge in [0.2, 0.25) is 0 Å². The largest absolute Gasteiger partial charge is 0.135 e. The molecule has 1 heterocycles. The molecular weight excluding hydrogens is 187 g/mol. The first-order valence-electron chi connectivity index (χ1n) is 5.36. The third kappa shape index (κ3) is 1.07. The van der Waals surface area contributed by atoms with Crippen molar-refractivity contribution in [3.8, 4) is 0 Å². The Hall–Kier alpha value is -0.740. The summed E-state index contributed by atoms with van der Waals surface area (Å²) >= 11 is 0. The van der Waals surface area contributed by atoms with Gasteiger partial charge in [-0.05, 0) is 40.1 Å². The lowest BCUT2D eigenvalue weighted by Crippen LogP contribution is -2.29. The molecule has 0 radical (unpaired) electrons. The molecule has 0 aliphatic heterocycles. The molecule has 0 N–H and O–H groups in total. The van der Waals surface area contributed by atoms with Gasteiger partial charge in [0.1, 0.15) is 0 Å². The van der Waals surface area contributed by atoms with Crippen LogP contribution in [0.1, 0.15) is 31.5 Å². The summed E-state index contributed by atoms with van der Waals surface area (Å²) < 4.78 is 0. The first-order valence-corrected chi connectivity index (χ1v) is 6.44. The van der Waals surface area contributed by atoms with Crippen molar-refractivity contribution in [1.82, 2.24) is 0 Å². The van der Waals surface area contributed by atoms with Crippen molar-refractivity contribution in [2.24, 2.45) is 0 Å². The van der Waals surface area contributed by atoms with Crippen LogP contribution in [0.3, 0.4) is 0 Å². The van der Waals surface area contributed by atoms with Crippen molar-refractivity contribution in [2.75, 3.05) is 0 Å². The standard InChI is InChI=1S/C13H15P/c1-13(7-4-8-13)12-11-6-3-2-5-10(11)9-14-12/h2-3,5-6,9,14H,4,7-8H2,1H3. The van der Waals surface area contributed by atoms with E-state index in [1.165, 1.54) is 30.0 Å². The summed E-state index contributed by atoms with van der Waals surface area (Å²) in [6, 6.07) is 8.86. The average Bonchev–Trinajstić information content (AvgIpc) is 2.58. The molecule has 0 saturated heterocycles. The summed E-state index contributed by atoms with van der Waals surface area (Å²) in [5.74, 6) is 2.41. The van der Waals surface area contributed by atoms with Crippen molar-refractivity contribution >= 4 is 19.0 Å². The van der Waals surface area contributed by atoms with Gasteiger partial charge in [-0.3, -0.25) is 0 Å². The second-order valence-corrected chi connectivity index (χ2v) is 5.74. The minimum absolute atomic E-state index is 0.543. The molecular formula is C13H15P.